The molecule has 1 aromatic carbocycles. The second kappa shape index (κ2) is 10.2. The van der Waals surface area contributed by atoms with Crippen LogP contribution in [0.3, 0.4) is 0 Å². The van der Waals surface area contributed by atoms with Crippen molar-refractivity contribution in [1.29, 1.82) is 0 Å². The van der Waals surface area contributed by atoms with E-state index in [1.165, 1.54) is 0 Å². The summed E-state index contributed by atoms with van der Waals surface area (Å²) in [4.78, 5) is 0. The molecule has 0 unspecified atom stereocenters. The van der Waals surface area contributed by atoms with Crippen molar-refractivity contribution < 1.29 is 27.2 Å². The number of rotatable bonds is 11. The quantitative estimate of drug-likeness (QED) is 0.404. The molecule has 0 saturated heterocycles. The van der Waals surface area contributed by atoms with Gasteiger partial charge in [-0.2, -0.15) is 4.76 Å². The Kier molecular flexibility index (Phi) is 9.06. The van der Waals surface area contributed by atoms with Gasteiger partial charge in [-0.25, -0.2) is 4.57 Å². The van der Waals surface area contributed by atoms with E-state index in [2.05, 4.69) is 4.76 Å². The average Bonchev–Trinajstić information content (AvgIpc) is 2.54. The average molecular weight is 377 g/mol. The van der Waals surface area contributed by atoms with E-state index in [0.29, 0.717) is 5.56 Å². The monoisotopic (exact) mass is 377 g/mol. The normalized spacial score (nSPS) is 13.2. The summed E-state index contributed by atoms with van der Waals surface area (Å²) in [5.41, 5.74) is 0.416. The van der Waals surface area contributed by atoms with Crippen LogP contribution in [0.1, 0.15) is 33.3 Å². The third kappa shape index (κ3) is 5.92. The van der Waals surface area contributed by atoms with Crippen LogP contribution in [0.15, 0.2) is 35.1 Å². The molecule has 0 saturated carbocycles. The minimum absolute atomic E-state index is 0.0583. The lowest BCUT2D eigenvalue weighted by Gasteiger charge is -2.21. The summed E-state index contributed by atoms with van der Waals surface area (Å²) in [5, 5.41) is 0. The van der Waals surface area contributed by atoms with Gasteiger partial charge < -0.3 is 9.05 Å². The molecule has 0 bridgehead atoms. The zero-order chi connectivity index (χ0) is 18.1. The predicted molar refractivity (Wildman–Crippen MR) is 94.7 cm³/mol. The minimum Gasteiger partial charge on any atom is -0.304 e. The van der Waals surface area contributed by atoms with E-state index in [-0.39, 0.29) is 31.9 Å². The molecule has 0 radical (unpaired) electrons. The van der Waals surface area contributed by atoms with Crippen LogP contribution < -0.4 is 0 Å². The van der Waals surface area contributed by atoms with Gasteiger partial charge in [0.15, 0.2) is 5.45 Å². The molecule has 7 nitrogen and oxygen atoms in total. The van der Waals surface area contributed by atoms with Gasteiger partial charge in [-0.1, -0.05) is 30.3 Å². The van der Waals surface area contributed by atoms with Crippen molar-refractivity contribution in [2.24, 2.45) is 4.76 Å². The largest absolute Gasteiger partial charge is 0.454 e. The van der Waals surface area contributed by atoms with Crippen LogP contribution in [-0.4, -0.2) is 31.9 Å². The van der Waals surface area contributed by atoms with Crippen molar-refractivity contribution in [3.63, 3.8) is 0 Å². The van der Waals surface area contributed by atoms with Crippen molar-refractivity contribution in [1.82, 2.24) is 0 Å². The van der Waals surface area contributed by atoms with E-state index in [0.717, 1.165) is 0 Å². The van der Waals surface area contributed by atoms with Gasteiger partial charge in [-0.3, -0.25) is 13.6 Å². The topological polar surface area (TPSA) is 83.4 Å². The van der Waals surface area contributed by atoms with Gasteiger partial charge in [0, 0.05) is 5.56 Å². The Labute approximate surface area is 143 Å². The minimum atomic E-state index is -3.83. The van der Waals surface area contributed by atoms with Gasteiger partial charge in [0.25, 0.3) is 0 Å². The fraction of sp³-hybridized carbons (Fsp3) is 0.533. The summed E-state index contributed by atoms with van der Waals surface area (Å²) in [6.45, 7) is 7.31. The molecular formula is C15H25NO6P2. The van der Waals surface area contributed by atoms with E-state index in [9.17, 15) is 9.13 Å². The molecule has 0 aliphatic carbocycles. The standard InChI is InChI=1S/C15H25NO6P2/c1-5-19-23(17,20-6-2)15(14-12-10-9-11-13-14)16-24(18,21-7-3)22-8-4/h9-13H,5-8H2,1-4H3. The molecule has 1 rings (SSSR count). The second-order valence-corrected chi connectivity index (χ2v) is 8.02. The molecule has 24 heavy (non-hydrogen) atoms. The lowest BCUT2D eigenvalue weighted by atomic mass is 10.2. The van der Waals surface area contributed by atoms with Crippen LogP contribution in [0.4, 0.5) is 0 Å². The molecule has 136 valence electrons. The van der Waals surface area contributed by atoms with Crippen molar-refractivity contribution in [2.75, 3.05) is 26.4 Å². The summed E-state index contributed by atoms with van der Waals surface area (Å²) >= 11 is 0. The third-order valence-electron chi connectivity index (χ3n) is 2.69. The third-order valence-corrected chi connectivity index (χ3v) is 6.54. The molecule has 0 amide bonds. The summed E-state index contributed by atoms with van der Waals surface area (Å²) in [6.07, 6.45) is 0. The first kappa shape index (κ1) is 21.2. The van der Waals surface area contributed by atoms with Crippen molar-refractivity contribution in [3.05, 3.63) is 35.9 Å². The van der Waals surface area contributed by atoms with Crippen LogP contribution in [0.25, 0.3) is 0 Å². The van der Waals surface area contributed by atoms with Gasteiger partial charge in [0.05, 0.1) is 26.4 Å². The van der Waals surface area contributed by atoms with Crippen LogP contribution in [0.2, 0.25) is 0 Å². The van der Waals surface area contributed by atoms with E-state index in [1.807, 2.05) is 0 Å². The Bertz CT molecular complexity index is 600. The zero-order valence-electron chi connectivity index (χ0n) is 14.5. The second-order valence-electron chi connectivity index (χ2n) is 4.43. The predicted octanol–water partition coefficient (Wildman–Crippen LogP) is 4.88. The maximum absolute atomic E-state index is 13.2. The molecule has 1 aromatic rings. The van der Waals surface area contributed by atoms with Crippen LogP contribution in [0, 0.1) is 0 Å². The smallest absolute Gasteiger partial charge is 0.304 e. The summed E-state index contributed by atoms with van der Waals surface area (Å²) in [7, 11) is -7.61. The van der Waals surface area contributed by atoms with Gasteiger partial charge in [-0.05, 0) is 27.7 Å². The van der Waals surface area contributed by atoms with E-state index < -0.39 is 15.3 Å². The fourth-order valence-corrected chi connectivity index (χ4v) is 5.32. The number of hydrogen-bond acceptors (Lipinski definition) is 6. The molecule has 0 heterocycles. The number of benzene rings is 1. The van der Waals surface area contributed by atoms with E-state index in [4.69, 9.17) is 18.1 Å². The van der Waals surface area contributed by atoms with E-state index >= 15 is 0 Å². The number of hydrogen-bond donors (Lipinski definition) is 0. The Morgan fingerprint density at radius 3 is 1.71 bits per heavy atom. The van der Waals surface area contributed by atoms with Crippen molar-refractivity contribution in [3.8, 4) is 0 Å². The molecule has 0 N–H and O–H groups in total. The maximum atomic E-state index is 13.2. The fourth-order valence-electron chi connectivity index (χ4n) is 1.89. The molecule has 0 fully saturated rings. The summed E-state index contributed by atoms with van der Waals surface area (Å²) in [5.74, 6) is 0. The van der Waals surface area contributed by atoms with Gasteiger partial charge in [0.1, 0.15) is 0 Å². The molecule has 0 atom stereocenters. The van der Waals surface area contributed by atoms with Gasteiger partial charge in [-0.15, -0.1) is 0 Å². The van der Waals surface area contributed by atoms with Crippen LogP contribution in [-0.2, 0) is 27.2 Å². The molecule has 0 aliphatic heterocycles. The Hall–Kier alpha value is -0.810. The van der Waals surface area contributed by atoms with Gasteiger partial charge >= 0.3 is 15.3 Å². The highest BCUT2D eigenvalue weighted by molar-refractivity contribution is 7.74. The highest BCUT2D eigenvalue weighted by Gasteiger charge is 2.37. The van der Waals surface area contributed by atoms with Crippen LogP contribution >= 0.6 is 15.3 Å². The number of nitrogens with zero attached hydrogens (tertiary/aromatic N) is 1. The first-order valence-corrected chi connectivity index (χ1v) is 10.9. The van der Waals surface area contributed by atoms with Crippen LogP contribution in [0.5, 0.6) is 0 Å². The Morgan fingerprint density at radius 1 is 0.833 bits per heavy atom. The summed E-state index contributed by atoms with van der Waals surface area (Å²) in [6, 6.07) is 8.67. The molecule has 9 heteroatoms. The Morgan fingerprint density at radius 2 is 1.29 bits per heavy atom. The highest BCUT2D eigenvalue weighted by Crippen LogP contribution is 2.58. The van der Waals surface area contributed by atoms with E-state index in [1.54, 1.807) is 58.0 Å². The SMILES string of the molecule is CCOP(=O)(N=C(c1ccccc1)P(=O)(OCC)OCC)OCC. The van der Waals surface area contributed by atoms with Crippen molar-refractivity contribution >= 4 is 20.8 Å². The summed E-state index contributed by atoms with van der Waals surface area (Å²) < 4.78 is 51.2. The first-order chi connectivity index (χ1) is 11.4. The first-order valence-electron chi connectivity index (χ1n) is 7.89. The van der Waals surface area contributed by atoms with Gasteiger partial charge in [0.2, 0.25) is 0 Å². The Balaban J connectivity index is 3.50. The lowest BCUT2D eigenvalue weighted by molar-refractivity contribution is 0.219. The zero-order valence-corrected chi connectivity index (χ0v) is 16.3. The molecule has 0 aromatic heterocycles. The maximum Gasteiger partial charge on any atom is 0.454 e. The molecule has 0 spiro atoms. The molecular weight excluding hydrogens is 352 g/mol. The van der Waals surface area contributed by atoms with Crippen molar-refractivity contribution in [2.45, 2.75) is 27.7 Å². The lowest BCUT2D eigenvalue weighted by Crippen LogP contribution is -2.10. The molecule has 0 aliphatic rings. The highest BCUT2D eigenvalue weighted by atomic mass is 31.2.